The summed E-state index contributed by atoms with van der Waals surface area (Å²) in [5, 5.41) is 0. The van der Waals surface area contributed by atoms with Crippen LogP contribution in [-0.2, 0) is 4.79 Å². The molecule has 0 aliphatic carbocycles. The van der Waals surface area contributed by atoms with E-state index < -0.39 is 0 Å². The molecule has 0 N–H and O–H groups in total. The maximum absolute atomic E-state index is 12.8. The van der Waals surface area contributed by atoms with E-state index in [2.05, 4.69) is 58.4 Å². The smallest absolute Gasteiger partial charge is 0.226 e. The van der Waals surface area contributed by atoms with Crippen molar-refractivity contribution < 1.29 is 4.79 Å². The van der Waals surface area contributed by atoms with Crippen molar-refractivity contribution in [3.63, 3.8) is 0 Å². The molecule has 1 fully saturated rings. The Kier molecular flexibility index (Phi) is 5.05. The van der Waals surface area contributed by atoms with Crippen molar-refractivity contribution in [1.29, 1.82) is 0 Å². The minimum atomic E-state index is 0.0354. The quantitative estimate of drug-likeness (QED) is 0.769. The molecule has 1 aliphatic heterocycles. The summed E-state index contributed by atoms with van der Waals surface area (Å²) in [6.07, 6.45) is 0.960. The first-order chi connectivity index (χ1) is 8.50. The van der Waals surface area contributed by atoms with Crippen LogP contribution in [0, 0.1) is 16.7 Å². The SMILES string of the molecule is CN1CCN(C(=O)C(CC(C)(C)C)C(C)(C)C)CC1. The van der Waals surface area contributed by atoms with Crippen molar-refractivity contribution in [2.75, 3.05) is 33.2 Å². The second-order valence-corrected chi connectivity index (χ2v) is 8.31. The van der Waals surface area contributed by atoms with Gasteiger partial charge in [-0.25, -0.2) is 0 Å². The van der Waals surface area contributed by atoms with Gasteiger partial charge in [-0.05, 0) is 24.3 Å². The lowest BCUT2D eigenvalue weighted by molar-refractivity contribution is -0.142. The van der Waals surface area contributed by atoms with Crippen molar-refractivity contribution in [2.45, 2.75) is 48.0 Å². The molecule has 1 heterocycles. The molecule has 0 aromatic rings. The highest BCUT2D eigenvalue weighted by atomic mass is 16.2. The van der Waals surface area contributed by atoms with Crippen molar-refractivity contribution in [3.8, 4) is 0 Å². The lowest BCUT2D eigenvalue weighted by Crippen LogP contribution is -2.51. The Morgan fingerprint density at radius 1 is 1.00 bits per heavy atom. The Hall–Kier alpha value is -0.570. The number of rotatable bonds is 2. The van der Waals surface area contributed by atoms with Crippen LogP contribution in [0.5, 0.6) is 0 Å². The predicted octanol–water partition coefficient (Wildman–Crippen LogP) is 2.86. The van der Waals surface area contributed by atoms with E-state index in [0.29, 0.717) is 5.91 Å². The Morgan fingerprint density at radius 3 is 1.84 bits per heavy atom. The maximum atomic E-state index is 12.8. The highest BCUT2D eigenvalue weighted by Gasteiger charge is 2.37. The summed E-state index contributed by atoms with van der Waals surface area (Å²) in [5.74, 6) is 0.478. The largest absolute Gasteiger partial charge is 0.340 e. The first-order valence-corrected chi connectivity index (χ1v) is 7.48. The number of amides is 1. The number of carbonyl (C=O) groups is 1. The van der Waals surface area contributed by atoms with E-state index in [1.807, 2.05) is 0 Å². The summed E-state index contributed by atoms with van der Waals surface area (Å²) >= 11 is 0. The molecule has 1 rings (SSSR count). The number of nitrogens with zero attached hydrogens (tertiary/aromatic N) is 2. The number of hydrogen-bond donors (Lipinski definition) is 0. The summed E-state index contributed by atoms with van der Waals surface area (Å²) in [5.41, 5.74) is 0.230. The first kappa shape index (κ1) is 16.5. The van der Waals surface area contributed by atoms with Gasteiger partial charge in [0, 0.05) is 32.1 Å². The van der Waals surface area contributed by atoms with Crippen LogP contribution in [0.15, 0.2) is 0 Å². The molecule has 112 valence electrons. The molecule has 1 atom stereocenters. The fraction of sp³-hybridized carbons (Fsp3) is 0.938. The fourth-order valence-electron chi connectivity index (χ4n) is 2.62. The van der Waals surface area contributed by atoms with Crippen LogP contribution in [-0.4, -0.2) is 48.9 Å². The molecule has 1 aliphatic rings. The second kappa shape index (κ2) is 5.82. The molecule has 0 spiro atoms. The molecule has 0 aromatic carbocycles. The molecule has 1 saturated heterocycles. The van der Waals surface area contributed by atoms with Crippen LogP contribution in [0.2, 0.25) is 0 Å². The molecule has 0 radical (unpaired) electrons. The van der Waals surface area contributed by atoms with Gasteiger partial charge < -0.3 is 9.80 Å². The fourth-order valence-corrected chi connectivity index (χ4v) is 2.62. The normalized spacial score (nSPS) is 20.5. The Labute approximate surface area is 119 Å². The Morgan fingerprint density at radius 2 is 1.47 bits per heavy atom. The topological polar surface area (TPSA) is 23.6 Å². The summed E-state index contributed by atoms with van der Waals surface area (Å²) in [4.78, 5) is 17.2. The Balaban J connectivity index is 2.78. The lowest BCUT2D eigenvalue weighted by atomic mass is 9.71. The summed E-state index contributed by atoms with van der Waals surface area (Å²) < 4.78 is 0. The molecule has 3 nitrogen and oxygen atoms in total. The molecule has 3 heteroatoms. The van der Waals surface area contributed by atoms with Crippen LogP contribution in [0.3, 0.4) is 0 Å². The van der Waals surface area contributed by atoms with Gasteiger partial charge in [0.1, 0.15) is 0 Å². The molecule has 1 amide bonds. The summed E-state index contributed by atoms with van der Waals surface area (Å²) in [7, 11) is 2.12. The van der Waals surface area contributed by atoms with Gasteiger partial charge in [0.25, 0.3) is 0 Å². The first-order valence-electron chi connectivity index (χ1n) is 7.48. The number of piperazine rings is 1. The van der Waals surface area contributed by atoms with E-state index in [9.17, 15) is 4.79 Å². The highest BCUT2D eigenvalue weighted by Crippen LogP contribution is 2.37. The molecule has 0 aromatic heterocycles. The van der Waals surface area contributed by atoms with E-state index in [4.69, 9.17) is 0 Å². The molecule has 0 saturated carbocycles. The third-order valence-electron chi connectivity index (χ3n) is 3.97. The maximum Gasteiger partial charge on any atom is 0.226 e. The molecular formula is C16H32N2O. The van der Waals surface area contributed by atoms with Gasteiger partial charge in [0.05, 0.1) is 0 Å². The van der Waals surface area contributed by atoms with Gasteiger partial charge in [0.15, 0.2) is 0 Å². The number of carbonyl (C=O) groups excluding carboxylic acids is 1. The van der Waals surface area contributed by atoms with E-state index in [-0.39, 0.29) is 16.7 Å². The van der Waals surface area contributed by atoms with E-state index in [1.54, 1.807) is 0 Å². The minimum absolute atomic E-state index is 0.0354. The standard InChI is InChI=1S/C16H32N2O/c1-15(2,3)12-13(16(4,5)6)14(19)18-10-8-17(7)9-11-18/h13H,8-12H2,1-7H3. The second-order valence-electron chi connectivity index (χ2n) is 8.31. The number of likely N-dealkylation sites (N-methyl/N-ethyl adjacent to an activating group) is 1. The predicted molar refractivity (Wildman–Crippen MR) is 81.1 cm³/mol. The molecule has 1 unspecified atom stereocenters. The van der Waals surface area contributed by atoms with Gasteiger partial charge >= 0.3 is 0 Å². The Bertz CT molecular complexity index is 304. The van der Waals surface area contributed by atoms with Crippen LogP contribution in [0.25, 0.3) is 0 Å². The van der Waals surface area contributed by atoms with Crippen molar-refractivity contribution in [3.05, 3.63) is 0 Å². The van der Waals surface area contributed by atoms with Crippen LogP contribution < -0.4 is 0 Å². The van der Waals surface area contributed by atoms with E-state index in [1.165, 1.54) is 0 Å². The average Bonchev–Trinajstić information content (AvgIpc) is 2.23. The average molecular weight is 268 g/mol. The lowest BCUT2D eigenvalue weighted by Gasteiger charge is -2.40. The van der Waals surface area contributed by atoms with Crippen molar-refractivity contribution in [2.24, 2.45) is 16.7 Å². The van der Waals surface area contributed by atoms with Crippen LogP contribution >= 0.6 is 0 Å². The van der Waals surface area contributed by atoms with Gasteiger partial charge in [-0.1, -0.05) is 41.5 Å². The zero-order valence-corrected chi connectivity index (χ0v) is 13.9. The third kappa shape index (κ3) is 5.13. The van der Waals surface area contributed by atoms with Crippen molar-refractivity contribution >= 4 is 5.91 Å². The molecule has 0 bridgehead atoms. The summed E-state index contributed by atoms with van der Waals surface area (Å²) in [6, 6.07) is 0. The van der Waals surface area contributed by atoms with E-state index in [0.717, 1.165) is 32.6 Å². The zero-order chi connectivity index (χ0) is 14.8. The monoisotopic (exact) mass is 268 g/mol. The van der Waals surface area contributed by atoms with Crippen LogP contribution in [0.4, 0.5) is 0 Å². The van der Waals surface area contributed by atoms with Gasteiger partial charge in [-0.2, -0.15) is 0 Å². The third-order valence-corrected chi connectivity index (χ3v) is 3.97. The molecule has 19 heavy (non-hydrogen) atoms. The summed E-state index contributed by atoms with van der Waals surface area (Å²) in [6.45, 7) is 17.0. The number of hydrogen-bond acceptors (Lipinski definition) is 2. The zero-order valence-electron chi connectivity index (χ0n) is 13.9. The highest BCUT2D eigenvalue weighted by molar-refractivity contribution is 5.79. The van der Waals surface area contributed by atoms with Crippen LogP contribution in [0.1, 0.15) is 48.0 Å². The van der Waals surface area contributed by atoms with Gasteiger partial charge in [-0.15, -0.1) is 0 Å². The minimum Gasteiger partial charge on any atom is -0.340 e. The molecular weight excluding hydrogens is 236 g/mol. The van der Waals surface area contributed by atoms with E-state index >= 15 is 0 Å². The van der Waals surface area contributed by atoms with Gasteiger partial charge in [-0.3, -0.25) is 4.79 Å². The van der Waals surface area contributed by atoms with Crippen molar-refractivity contribution in [1.82, 2.24) is 9.80 Å². The van der Waals surface area contributed by atoms with Gasteiger partial charge in [0.2, 0.25) is 5.91 Å².